The molecule has 1 saturated heterocycles. The highest BCUT2D eigenvalue weighted by Gasteiger charge is 2.44. The number of allylic oxidation sites excluding steroid dienone is 6. The zero-order valence-electron chi connectivity index (χ0n) is 34.7. The largest absolute Gasteiger partial charge is 0.462 e. The first-order chi connectivity index (χ1) is 26.8. The van der Waals surface area contributed by atoms with E-state index in [4.69, 9.17) is 18.9 Å². The van der Waals surface area contributed by atoms with Gasteiger partial charge in [-0.15, -0.1) is 0 Å². The van der Waals surface area contributed by atoms with E-state index in [1.807, 2.05) is 0 Å². The molecule has 4 N–H and O–H groups in total. The van der Waals surface area contributed by atoms with Crippen LogP contribution in [-0.2, 0) is 28.5 Å². The maximum absolute atomic E-state index is 12.7. The highest BCUT2D eigenvalue weighted by Crippen LogP contribution is 2.22. The van der Waals surface area contributed by atoms with Gasteiger partial charge >= 0.3 is 11.9 Å². The number of esters is 2. The molecular weight excluding hydrogens is 700 g/mol. The van der Waals surface area contributed by atoms with Crippen LogP contribution in [-0.4, -0.2) is 89.0 Å². The predicted molar refractivity (Wildman–Crippen MR) is 219 cm³/mol. The lowest BCUT2D eigenvalue weighted by molar-refractivity contribution is -0.305. The molecule has 0 aromatic rings. The van der Waals surface area contributed by atoms with E-state index in [-0.39, 0.29) is 26.1 Å². The van der Waals surface area contributed by atoms with E-state index in [1.54, 1.807) is 0 Å². The monoisotopic (exact) mass is 781 g/mol. The first kappa shape index (κ1) is 50.9. The average Bonchev–Trinajstić information content (AvgIpc) is 3.18. The fraction of sp³-hybridized carbons (Fsp3) is 0.822. The Hall–Kier alpha value is -2.08. The second kappa shape index (κ2) is 36.3. The lowest BCUT2D eigenvalue weighted by atomic mass is 9.99. The summed E-state index contributed by atoms with van der Waals surface area (Å²) in [5.41, 5.74) is 0. The molecule has 0 aromatic heterocycles. The molecule has 55 heavy (non-hydrogen) atoms. The fourth-order valence-corrected chi connectivity index (χ4v) is 6.45. The Kier molecular flexibility index (Phi) is 33.6. The van der Waals surface area contributed by atoms with E-state index in [9.17, 15) is 30.0 Å². The minimum absolute atomic E-state index is 0.217. The summed E-state index contributed by atoms with van der Waals surface area (Å²) in [6, 6.07) is 0. The smallest absolute Gasteiger partial charge is 0.306 e. The summed E-state index contributed by atoms with van der Waals surface area (Å²) in [7, 11) is 0. The number of hydrogen-bond donors (Lipinski definition) is 4. The van der Waals surface area contributed by atoms with Crippen molar-refractivity contribution in [1.82, 2.24) is 0 Å². The molecule has 0 bridgehead atoms. The Morgan fingerprint density at radius 1 is 0.564 bits per heavy atom. The van der Waals surface area contributed by atoms with Crippen molar-refractivity contribution < 1.29 is 49.0 Å². The van der Waals surface area contributed by atoms with Crippen molar-refractivity contribution in [1.29, 1.82) is 0 Å². The minimum atomic E-state index is -1.60. The highest BCUT2D eigenvalue weighted by molar-refractivity contribution is 5.70. The van der Waals surface area contributed by atoms with Crippen molar-refractivity contribution in [2.24, 2.45) is 0 Å². The highest BCUT2D eigenvalue weighted by atomic mass is 16.7. The Balaban J connectivity index is 2.36. The van der Waals surface area contributed by atoms with Gasteiger partial charge in [0.1, 0.15) is 31.0 Å². The lowest BCUT2D eigenvalue weighted by Crippen LogP contribution is -2.59. The van der Waals surface area contributed by atoms with Crippen LogP contribution in [0.2, 0.25) is 0 Å². The van der Waals surface area contributed by atoms with Crippen LogP contribution in [0, 0.1) is 0 Å². The third-order valence-corrected chi connectivity index (χ3v) is 10.00. The molecule has 1 rings (SSSR count). The van der Waals surface area contributed by atoms with Gasteiger partial charge < -0.3 is 39.4 Å². The predicted octanol–water partition coefficient (Wildman–Crippen LogP) is 9.11. The van der Waals surface area contributed by atoms with E-state index in [2.05, 4.69) is 50.3 Å². The molecule has 0 radical (unpaired) electrons. The van der Waals surface area contributed by atoms with Crippen molar-refractivity contribution in [2.45, 2.75) is 218 Å². The number of unbranched alkanes of at least 4 members (excludes halogenated alkanes) is 19. The summed E-state index contributed by atoms with van der Waals surface area (Å²) in [6.07, 6.45) is 32.9. The van der Waals surface area contributed by atoms with Crippen LogP contribution in [0.4, 0.5) is 0 Å². The van der Waals surface area contributed by atoms with Crippen LogP contribution in [0.15, 0.2) is 36.5 Å². The summed E-state index contributed by atoms with van der Waals surface area (Å²) < 4.78 is 22.1. The zero-order valence-corrected chi connectivity index (χ0v) is 34.7. The lowest BCUT2D eigenvalue weighted by Gasteiger charge is -2.39. The first-order valence-corrected chi connectivity index (χ1v) is 22.1. The number of carbonyl (C=O) groups excluding carboxylic acids is 2. The van der Waals surface area contributed by atoms with Crippen LogP contribution in [0.3, 0.4) is 0 Å². The number of aliphatic hydroxyl groups excluding tert-OH is 4. The van der Waals surface area contributed by atoms with E-state index in [1.165, 1.54) is 70.6 Å². The van der Waals surface area contributed by atoms with Crippen LogP contribution < -0.4 is 0 Å². The minimum Gasteiger partial charge on any atom is -0.462 e. The van der Waals surface area contributed by atoms with Gasteiger partial charge in [-0.05, 0) is 70.6 Å². The van der Waals surface area contributed by atoms with Crippen LogP contribution in [0.5, 0.6) is 0 Å². The molecule has 1 aliphatic heterocycles. The Morgan fingerprint density at radius 2 is 1.02 bits per heavy atom. The van der Waals surface area contributed by atoms with Crippen molar-refractivity contribution in [3.05, 3.63) is 36.5 Å². The molecule has 1 heterocycles. The summed E-state index contributed by atoms with van der Waals surface area (Å²) in [4.78, 5) is 25.3. The van der Waals surface area contributed by atoms with Gasteiger partial charge in [0.2, 0.25) is 0 Å². The number of ether oxygens (including phenoxy) is 4. The van der Waals surface area contributed by atoms with Crippen molar-refractivity contribution >= 4 is 11.9 Å². The Morgan fingerprint density at radius 3 is 1.56 bits per heavy atom. The molecule has 6 atom stereocenters. The maximum atomic E-state index is 12.7. The van der Waals surface area contributed by atoms with Crippen molar-refractivity contribution in [3.63, 3.8) is 0 Å². The topological polar surface area (TPSA) is 152 Å². The SMILES string of the molecule is CCCCC/C=C\C/C=C\CCCCCCCC(=O)OC[C@H](CO[C@H]1O[C@H](CO)[C@H](O)[C@H](O)[C@H]1O)OC(=O)CCCCCCC/C=C\CCCCCCCC. The average molecular weight is 781 g/mol. The molecule has 0 aromatic carbocycles. The summed E-state index contributed by atoms with van der Waals surface area (Å²) in [5, 5.41) is 40.0. The van der Waals surface area contributed by atoms with Gasteiger partial charge in [-0.2, -0.15) is 0 Å². The van der Waals surface area contributed by atoms with Gasteiger partial charge in [-0.1, -0.05) is 134 Å². The van der Waals surface area contributed by atoms with E-state index >= 15 is 0 Å². The van der Waals surface area contributed by atoms with Crippen molar-refractivity contribution in [2.75, 3.05) is 19.8 Å². The molecule has 1 aliphatic rings. The summed E-state index contributed by atoms with van der Waals surface area (Å²) in [6.45, 7) is 3.36. The van der Waals surface area contributed by atoms with Crippen LogP contribution in [0.1, 0.15) is 181 Å². The molecule has 0 saturated carbocycles. The quantitative estimate of drug-likeness (QED) is 0.0275. The molecule has 0 unspecified atom stereocenters. The van der Waals surface area contributed by atoms with E-state index < -0.39 is 55.4 Å². The number of rotatable bonds is 36. The summed E-state index contributed by atoms with van der Waals surface area (Å²) >= 11 is 0. The number of carbonyl (C=O) groups is 2. The number of aliphatic hydroxyl groups is 4. The standard InChI is InChI=1S/C45H80O10/c1-3-5-7-9-11-13-15-17-19-21-23-25-27-29-31-33-40(47)52-36-38(37-53-45-44(51)43(50)42(49)39(35-46)55-45)54-41(48)34-32-30-28-26-24-22-20-18-16-14-12-10-8-6-4-2/h11,13,17-20,38-39,42-46,49-51H,3-10,12,14-16,21-37H2,1-2H3/b13-11-,19-17-,20-18-/t38-,39-,42+,43+,44-,45+/m1/s1. The molecule has 0 spiro atoms. The normalized spacial score (nSPS) is 20.9. The Labute approximate surface area is 334 Å². The van der Waals surface area contributed by atoms with Crippen molar-refractivity contribution in [3.8, 4) is 0 Å². The second-order valence-electron chi connectivity index (χ2n) is 15.1. The first-order valence-electron chi connectivity index (χ1n) is 22.1. The maximum Gasteiger partial charge on any atom is 0.306 e. The molecule has 0 aliphatic carbocycles. The number of hydrogen-bond acceptors (Lipinski definition) is 10. The van der Waals surface area contributed by atoms with Gasteiger partial charge in [-0.3, -0.25) is 9.59 Å². The third-order valence-electron chi connectivity index (χ3n) is 10.00. The van der Waals surface area contributed by atoms with Gasteiger partial charge in [0, 0.05) is 12.8 Å². The fourth-order valence-electron chi connectivity index (χ4n) is 6.45. The second-order valence-corrected chi connectivity index (χ2v) is 15.1. The van der Waals surface area contributed by atoms with E-state index in [0.717, 1.165) is 70.6 Å². The Bertz CT molecular complexity index is 996. The zero-order chi connectivity index (χ0) is 40.2. The van der Waals surface area contributed by atoms with Crippen LogP contribution in [0.25, 0.3) is 0 Å². The molecule has 1 fully saturated rings. The van der Waals surface area contributed by atoms with Crippen LogP contribution >= 0.6 is 0 Å². The summed E-state index contributed by atoms with van der Waals surface area (Å²) in [5.74, 6) is -0.832. The molecule has 10 heteroatoms. The van der Waals surface area contributed by atoms with Gasteiger partial charge in [0.15, 0.2) is 12.4 Å². The molecule has 0 amide bonds. The third kappa shape index (κ3) is 28.0. The molecule has 320 valence electrons. The van der Waals surface area contributed by atoms with E-state index in [0.29, 0.717) is 12.8 Å². The van der Waals surface area contributed by atoms with Gasteiger partial charge in [0.05, 0.1) is 13.2 Å². The molecule has 10 nitrogen and oxygen atoms in total. The van der Waals surface area contributed by atoms with Gasteiger partial charge in [-0.25, -0.2) is 0 Å². The molecular formula is C45H80O10. The van der Waals surface area contributed by atoms with Gasteiger partial charge in [0.25, 0.3) is 0 Å².